The molecule has 2 aromatic carbocycles. The van der Waals surface area contributed by atoms with Crippen LogP contribution in [-0.2, 0) is 16.1 Å². The summed E-state index contributed by atoms with van der Waals surface area (Å²) in [6, 6.07) is 17.3. The predicted octanol–water partition coefficient (Wildman–Crippen LogP) is 4.49. The first kappa shape index (κ1) is 16.6. The highest BCUT2D eigenvalue weighted by atomic mass is 16.2. The van der Waals surface area contributed by atoms with Crippen molar-refractivity contribution in [3.05, 3.63) is 66.4 Å². The van der Waals surface area contributed by atoms with E-state index in [9.17, 15) is 9.59 Å². The number of aromatic nitrogens is 1. The van der Waals surface area contributed by atoms with E-state index < -0.39 is 5.92 Å². The number of anilines is 1. The molecule has 26 heavy (non-hydrogen) atoms. The quantitative estimate of drug-likeness (QED) is 0.639. The first-order valence-corrected chi connectivity index (χ1v) is 9.20. The zero-order valence-electron chi connectivity index (χ0n) is 14.9. The lowest BCUT2D eigenvalue weighted by atomic mass is 9.97. The van der Waals surface area contributed by atoms with E-state index in [4.69, 9.17) is 0 Å². The van der Waals surface area contributed by atoms with Gasteiger partial charge in [0.25, 0.3) is 0 Å². The Balaban J connectivity index is 1.74. The highest BCUT2D eigenvalue weighted by Crippen LogP contribution is 2.37. The zero-order chi connectivity index (χ0) is 18.1. The van der Waals surface area contributed by atoms with Crippen LogP contribution < -0.4 is 4.90 Å². The monoisotopic (exact) mass is 346 g/mol. The minimum Gasteiger partial charge on any atom is -0.347 e. The van der Waals surface area contributed by atoms with Crippen LogP contribution in [0.15, 0.2) is 60.8 Å². The summed E-state index contributed by atoms with van der Waals surface area (Å²) in [6.45, 7) is 3.10. The van der Waals surface area contributed by atoms with Crippen molar-refractivity contribution < 1.29 is 9.59 Å². The average molecular weight is 346 g/mol. The summed E-state index contributed by atoms with van der Waals surface area (Å²) in [5, 5.41) is 1.07. The summed E-state index contributed by atoms with van der Waals surface area (Å²) in [4.78, 5) is 27.0. The highest BCUT2D eigenvalue weighted by molar-refractivity contribution is 6.23. The van der Waals surface area contributed by atoms with Gasteiger partial charge in [0.1, 0.15) is 0 Å². The van der Waals surface area contributed by atoms with E-state index in [1.807, 2.05) is 42.5 Å². The lowest BCUT2D eigenvalue weighted by Crippen LogP contribution is -2.29. The van der Waals surface area contributed by atoms with Gasteiger partial charge in [-0.05, 0) is 30.2 Å². The molecule has 0 radical (unpaired) electrons. The summed E-state index contributed by atoms with van der Waals surface area (Å²) in [5.74, 6) is -0.660. The van der Waals surface area contributed by atoms with Gasteiger partial charge in [0.15, 0.2) is 0 Å². The molecule has 1 aliphatic rings. The molecule has 2 heterocycles. The normalized spacial score (nSPS) is 17.4. The van der Waals surface area contributed by atoms with Crippen LogP contribution >= 0.6 is 0 Å². The van der Waals surface area contributed by atoms with E-state index in [0.29, 0.717) is 5.69 Å². The zero-order valence-corrected chi connectivity index (χ0v) is 14.9. The number of fused-ring (bicyclic) bond motifs is 1. The molecule has 0 bridgehead atoms. The maximum Gasteiger partial charge on any atom is 0.241 e. The van der Waals surface area contributed by atoms with E-state index >= 15 is 0 Å². The van der Waals surface area contributed by atoms with Gasteiger partial charge in [-0.3, -0.25) is 14.5 Å². The standard InChI is InChI=1S/C22H22N2O2/c1-2-3-13-23-15-19(17-11-7-8-12-20(17)23)18-14-21(25)24(22(18)26)16-9-5-4-6-10-16/h4-12,15,18H,2-3,13-14H2,1H3. The summed E-state index contributed by atoms with van der Waals surface area (Å²) < 4.78 is 2.22. The van der Waals surface area contributed by atoms with Gasteiger partial charge in [0.05, 0.1) is 11.6 Å². The number of imide groups is 1. The Bertz CT molecular complexity index is 959. The Morgan fingerprint density at radius 1 is 1.00 bits per heavy atom. The Morgan fingerprint density at radius 2 is 1.73 bits per heavy atom. The number of para-hydroxylation sites is 2. The molecule has 3 aromatic rings. The van der Waals surface area contributed by atoms with Crippen molar-refractivity contribution >= 4 is 28.4 Å². The number of nitrogens with zero attached hydrogens (tertiary/aromatic N) is 2. The third kappa shape index (κ3) is 2.71. The van der Waals surface area contributed by atoms with Crippen molar-refractivity contribution in [2.45, 2.75) is 38.6 Å². The van der Waals surface area contributed by atoms with Crippen LogP contribution in [0, 0.1) is 0 Å². The van der Waals surface area contributed by atoms with Gasteiger partial charge < -0.3 is 4.57 Å². The number of aryl methyl sites for hydroxylation is 1. The Hall–Kier alpha value is -2.88. The molecule has 1 atom stereocenters. The average Bonchev–Trinajstić information content (AvgIpc) is 3.18. The van der Waals surface area contributed by atoms with Gasteiger partial charge in [-0.25, -0.2) is 0 Å². The van der Waals surface area contributed by atoms with Crippen LogP contribution in [0.25, 0.3) is 10.9 Å². The number of hydrogen-bond donors (Lipinski definition) is 0. The first-order chi connectivity index (χ1) is 12.7. The van der Waals surface area contributed by atoms with E-state index in [0.717, 1.165) is 35.9 Å². The van der Waals surface area contributed by atoms with E-state index in [2.05, 4.69) is 29.8 Å². The topological polar surface area (TPSA) is 42.3 Å². The van der Waals surface area contributed by atoms with Crippen molar-refractivity contribution in [1.82, 2.24) is 4.57 Å². The smallest absolute Gasteiger partial charge is 0.241 e. The Kier molecular flexibility index (Phi) is 4.33. The van der Waals surface area contributed by atoms with Gasteiger partial charge in [-0.1, -0.05) is 49.7 Å². The summed E-state index contributed by atoms with van der Waals surface area (Å²) in [6.07, 6.45) is 4.51. The molecular formula is C22H22N2O2. The summed E-state index contributed by atoms with van der Waals surface area (Å²) in [7, 11) is 0. The number of rotatable bonds is 5. The maximum absolute atomic E-state index is 13.1. The van der Waals surface area contributed by atoms with Crippen molar-refractivity contribution in [1.29, 1.82) is 0 Å². The van der Waals surface area contributed by atoms with Crippen LogP contribution in [0.3, 0.4) is 0 Å². The molecule has 4 rings (SSSR count). The first-order valence-electron chi connectivity index (χ1n) is 9.20. The molecule has 4 heteroatoms. The van der Waals surface area contributed by atoms with Crippen LogP contribution in [-0.4, -0.2) is 16.4 Å². The van der Waals surface area contributed by atoms with Crippen molar-refractivity contribution in [3.8, 4) is 0 Å². The third-order valence-electron chi connectivity index (χ3n) is 5.11. The van der Waals surface area contributed by atoms with Crippen molar-refractivity contribution in [2.24, 2.45) is 0 Å². The minimum atomic E-state index is -0.407. The molecule has 0 spiro atoms. The Morgan fingerprint density at radius 3 is 2.50 bits per heavy atom. The minimum absolute atomic E-state index is 0.125. The van der Waals surface area contributed by atoms with Gasteiger partial charge in [-0.2, -0.15) is 0 Å². The van der Waals surface area contributed by atoms with E-state index in [-0.39, 0.29) is 18.2 Å². The molecular weight excluding hydrogens is 324 g/mol. The molecule has 4 nitrogen and oxygen atoms in total. The lowest BCUT2D eigenvalue weighted by molar-refractivity contribution is -0.121. The largest absolute Gasteiger partial charge is 0.347 e. The number of carbonyl (C=O) groups is 2. The lowest BCUT2D eigenvalue weighted by Gasteiger charge is -2.14. The fourth-order valence-electron chi connectivity index (χ4n) is 3.79. The number of unbranched alkanes of at least 4 members (excludes halogenated alkanes) is 1. The highest BCUT2D eigenvalue weighted by Gasteiger charge is 2.41. The van der Waals surface area contributed by atoms with Gasteiger partial charge in [-0.15, -0.1) is 0 Å². The Labute approximate surface area is 153 Å². The van der Waals surface area contributed by atoms with Crippen LogP contribution in [0.2, 0.25) is 0 Å². The SMILES string of the molecule is CCCCn1cc(C2CC(=O)N(c3ccccc3)C2=O)c2ccccc21. The number of benzene rings is 2. The summed E-state index contributed by atoms with van der Waals surface area (Å²) in [5.41, 5.74) is 2.75. The number of carbonyl (C=O) groups excluding carboxylic acids is 2. The molecule has 1 saturated heterocycles. The second-order valence-corrected chi connectivity index (χ2v) is 6.81. The van der Waals surface area contributed by atoms with Crippen molar-refractivity contribution in [3.63, 3.8) is 0 Å². The molecule has 132 valence electrons. The third-order valence-corrected chi connectivity index (χ3v) is 5.11. The number of hydrogen-bond acceptors (Lipinski definition) is 2. The maximum atomic E-state index is 13.1. The molecule has 2 amide bonds. The van der Waals surface area contributed by atoms with E-state index in [1.165, 1.54) is 4.90 Å². The molecule has 1 aliphatic heterocycles. The van der Waals surface area contributed by atoms with Gasteiger partial charge in [0.2, 0.25) is 11.8 Å². The van der Waals surface area contributed by atoms with Crippen LogP contribution in [0.1, 0.15) is 37.7 Å². The van der Waals surface area contributed by atoms with Crippen LogP contribution in [0.4, 0.5) is 5.69 Å². The molecule has 1 fully saturated rings. The second-order valence-electron chi connectivity index (χ2n) is 6.81. The van der Waals surface area contributed by atoms with E-state index in [1.54, 1.807) is 0 Å². The number of amides is 2. The fraction of sp³-hybridized carbons (Fsp3) is 0.273. The molecule has 0 aliphatic carbocycles. The molecule has 1 unspecified atom stereocenters. The van der Waals surface area contributed by atoms with Crippen LogP contribution in [0.5, 0.6) is 0 Å². The second kappa shape index (κ2) is 6.79. The summed E-state index contributed by atoms with van der Waals surface area (Å²) >= 11 is 0. The van der Waals surface area contributed by atoms with Crippen molar-refractivity contribution in [2.75, 3.05) is 4.90 Å². The van der Waals surface area contributed by atoms with Gasteiger partial charge in [0, 0.05) is 30.1 Å². The fourth-order valence-corrected chi connectivity index (χ4v) is 3.79. The van der Waals surface area contributed by atoms with Gasteiger partial charge >= 0.3 is 0 Å². The molecule has 0 N–H and O–H groups in total. The predicted molar refractivity (Wildman–Crippen MR) is 103 cm³/mol. The molecule has 1 aromatic heterocycles. The molecule has 0 saturated carbocycles.